The predicted octanol–water partition coefficient (Wildman–Crippen LogP) is 0.840. The lowest BCUT2D eigenvalue weighted by atomic mass is 9.89. The predicted molar refractivity (Wildman–Crippen MR) is 85.1 cm³/mol. The van der Waals surface area contributed by atoms with Crippen LogP contribution in [0.4, 0.5) is 0 Å². The van der Waals surface area contributed by atoms with Crippen LogP contribution in [0.25, 0.3) is 0 Å². The molecule has 1 aromatic rings. The summed E-state index contributed by atoms with van der Waals surface area (Å²) >= 11 is 0. The van der Waals surface area contributed by atoms with E-state index in [1.54, 1.807) is 0 Å². The lowest BCUT2D eigenvalue weighted by Gasteiger charge is -2.28. The number of fused-ring (bicyclic) bond motifs is 1. The zero-order chi connectivity index (χ0) is 15.7. The molecule has 0 spiro atoms. The summed E-state index contributed by atoms with van der Waals surface area (Å²) in [5, 5.41) is 3.41. The molecule has 2 aliphatic rings. The fourth-order valence-electron chi connectivity index (χ4n) is 3.67. The number of carbonyl (C=O) groups is 1. The lowest BCUT2D eigenvalue weighted by Crippen LogP contribution is -2.35. The van der Waals surface area contributed by atoms with Crippen molar-refractivity contribution in [1.82, 2.24) is 10.2 Å². The zero-order valence-electron chi connectivity index (χ0n) is 12.7. The maximum atomic E-state index is 12.5. The van der Waals surface area contributed by atoms with Gasteiger partial charge in [-0.25, -0.2) is 8.42 Å². The van der Waals surface area contributed by atoms with Crippen molar-refractivity contribution in [2.45, 2.75) is 12.5 Å². The second kappa shape index (κ2) is 6.01. The molecule has 0 aliphatic carbocycles. The summed E-state index contributed by atoms with van der Waals surface area (Å²) < 4.78 is 22.6. The summed E-state index contributed by atoms with van der Waals surface area (Å²) in [4.78, 5) is 14.4. The number of sulfone groups is 1. The van der Waals surface area contributed by atoms with Gasteiger partial charge < -0.3 is 10.2 Å². The minimum absolute atomic E-state index is 0.0475. The van der Waals surface area contributed by atoms with Crippen molar-refractivity contribution in [2.75, 3.05) is 31.6 Å². The maximum absolute atomic E-state index is 12.5. The Morgan fingerprint density at radius 1 is 1.27 bits per heavy atom. The van der Waals surface area contributed by atoms with Crippen molar-refractivity contribution in [3.05, 3.63) is 35.9 Å². The Morgan fingerprint density at radius 2 is 2.00 bits per heavy atom. The van der Waals surface area contributed by atoms with E-state index in [2.05, 4.69) is 17.4 Å². The number of benzene rings is 1. The van der Waals surface area contributed by atoms with Crippen LogP contribution >= 0.6 is 0 Å². The molecule has 0 unspecified atom stereocenters. The van der Waals surface area contributed by atoms with Crippen LogP contribution in [0.3, 0.4) is 0 Å². The molecule has 2 saturated heterocycles. The van der Waals surface area contributed by atoms with Crippen molar-refractivity contribution in [1.29, 1.82) is 0 Å². The summed E-state index contributed by atoms with van der Waals surface area (Å²) in [5.41, 5.74) is 1.14. The highest BCUT2D eigenvalue weighted by Crippen LogP contribution is 2.42. The van der Waals surface area contributed by atoms with E-state index in [0.29, 0.717) is 11.8 Å². The van der Waals surface area contributed by atoms with Gasteiger partial charge in [0.15, 0.2) is 0 Å². The van der Waals surface area contributed by atoms with Crippen LogP contribution < -0.4 is 5.32 Å². The fraction of sp³-hybridized carbons (Fsp3) is 0.562. The first kappa shape index (κ1) is 15.5. The van der Waals surface area contributed by atoms with E-state index >= 15 is 0 Å². The SMILES string of the molecule is CS(=O)(=O)CCC(=O)N1C[C@@H]2CNC[C@@H]2[C@H]1c1ccccc1. The number of likely N-dealkylation sites (tertiary alicyclic amines) is 1. The minimum atomic E-state index is -3.11. The third-order valence-corrected chi connectivity index (χ3v) is 5.66. The summed E-state index contributed by atoms with van der Waals surface area (Å²) in [7, 11) is -3.11. The number of rotatable bonds is 4. The maximum Gasteiger partial charge on any atom is 0.224 e. The molecule has 6 heteroatoms. The summed E-state index contributed by atoms with van der Waals surface area (Å²) in [6, 6.07) is 10.1. The van der Waals surface area contributed by atoms with Crippen molar-refractivity contribution >= 4 is 15.7 Å². The molecule has 1 N–H and O–H groups in total. The molecule has 0 bridgehead atoms. The summed E-state index contributed by atoms with van der Waals surface area (Å²) in [6.45, 7) is 2.57. The van der Waals surface area contributed by atoms with Crippen molar-refractivity contribution in [2.24, 2.45) is 11.8 Å². The van der Waals surface area contributed by atoms with E-state index in [1.165, 1.54) is 6.26 Å². The van der Waals surface area contributed by atoms with E-state index in [9.17, 15) is 13.2 Å². The van der Waals surface area contributed by atoms with Crippen LogP contribution in [0.2, 0.25) is 0 Å². The summed E-state index contributed by atoms with van der Waals surface area (Å²) in [6.07, 6.45) is 1.26. The Hall–Kier alpha value is -1.40. The number of carbonyl (C=O) groups excluding carboxylic acids is 1. The van der Waals surface area contributed by atoms with Crippen LogP contribution in [0.5, 0.6) is 0 Å². The van der Waals surface area contributed by atoms with E-state index in [-0.39, 0.29) is 24.1 Å². The van der Waals surface area contributed by atoms with Gasteiger partial charge >= 0.3 is 0 Å². The van der Waals surface area contributed by atoms with Gasteiger partial charge in [0.1, 0.15) is 9.84 Å². The van der Waals surface area contributed by atoms with E-state index < -0.39 is 9.84 Å². The van der Waals surface area contributed by atoms with Crippen molar-refractivity contribution in [3.8, 4) is 0 Å². The molecule has 1 amide bonds. The smallest absolute Gasteiger partial charge is 0.224 e. The van der Waals surface area contributed by atoms with Gasteiger partial charge in [-0.3, -0.25) is 4.79 Å². The van der Waals surface area contributed by atoms with Crippen LogP contribution in [-0.4, -0.2) is 50.9 Å². The van der Waals surface area contributed by atoms with Gasteiger partial charge in [0.2, 0.25) is 5.91 Å². The molecular formula is C16H22N2O3S. The number of nitrogens with zero attached hydrogens (tertiary/aromatic N) is 1. The Morgan fingerprint density at radius 3 is 2.68 bits per heavy atom. The lowest BCUT2D eigenvalue weighted by molar-refractivity contribution is -0.132. The third-order valence-electron chi connectivity index (χ3n) is 4.71. The van der Waals surface area contributed by atoms with Gasteiger partial charge in [0, 0.05) is 38.2 Å². The Kier molecular flexibility index (Phi) is 4.23. The largest absolute Gasteiger partial charge is 0.335 e. The van der Waals surface area contributed by atoms with Crippen molar-refractivity contribution in [3.63, 3.8) is 0 Å². The van der Waals surface area contributed by atoms with Crippen LogP contribution in [0.1, 0.15) is 18.0 Å². The van der Waals surface area contributed by atoms with Gasteiger partial charge in [0.25, 0.3) is 0 Å². The molecule has 3 rings (SSSR count). The van der Waals surface area contributed by atoms with E-state index in [1.807, 2.05) is 23.1 Å². The Bertz CT molecular complexity index is 645. The summed E-state index contributed by atoms with van der Waals surface area (Å²) in [5.74, 6) is 0.767. The zero-order valence-corrected chi connectivity index (χ0v) is 13.6. The van der Waals surface area contributed by atoms with Gasteiger partial charge in [-0.2, -0.15) is 0 Å². The molecule has 120 valence electrons. The highest BCUT2D eigenvalue weighted by atomic mass is 32.2. The molecule has 0 aromatic heterocycles. The average molecular weight is 322 g/mol. The van der Waals surface area contributed by atoms with Crippen LogP contribution in [0.15, 0.2) is 30.3 Å². The first-order valence-electron chi connectivity index (χ1n) is 7.68. The second-order valence-corrected chi connectivity index (χ2v) is 8.62. The molecule has 2 heterocycles. The van der Waals surface area contributed by atoms with E-state index in [4.69, 9.17) is 0 Å². The minimum Gasteiger partial charge on any atom is -0.335 e. The number of amides is 1. The molecule has 0 radical (unpaired) electrons. The topological polar surface area (TPSA) is 66.5 Å². The standard InChI is InChI=1S/C16H22N2O3S/c1-22(20,21)8-7-15(19)18-11-13-9-17-10-14(13)16(18)12-5-3-2-4-6-12/h2-6,13-14,16-17H,7-11H2,1H3/t13-,14-,16+/m0/s1. The fourth-order valence-corrected chi connectivity index (χ4v) is 4.22. The quantitative estimate of drug-likeness (QED) is 0.892. The first-order valence-corrected chi connectivity index (χ1v) is 9.74. The average Bonchev–Trinajstić information content (AvgIpc) is 3.05. The number of hydrogen-bond donors (Lipinski definition) is 1. The molecule has 22 heavy (non-hydrogen) atoms. The molecule has 3 atom stereocenters. The van der Waals surface area contributed by atoms with Gasteiger partial charge in [-0.15, -0.1) is 0 Å². The monoisotopic (exact) mass is 322 g/mol. The normalized spacial score (nSPS) is 27.9. The van der Waals surface area contributed by atoms with Crippen LogP contribution in [-0.2, 0) is 14.6 Å². The van der Waals surface area contributed by atoms with Gasteiger partial charge in [-0.1, -0.05) is 30.3 Å². The first-order chi connectivity index (χ1) is 10.5. The third kappa shape index (κ3) is 3.17. The molecule has 5 nitrogen and oxygen atoms in total. The molecule has 2 fully saturated rings. The second-order valence-electron chi connectivity index (χ2n) is 6.36. The Balaban J connectivity index is 1.81. The molecule has 0 saturated carbocycles. The molecule has 2 aliphatic heterocycles. The highest BCUT2D eigenvalue weighted by Gasteiger charge is 2.46. The van der Waals surface area contributed by atoms with Crippen LogP contribution in [0, 0.1) is 11.8 Å². The van der Waals surface area contributed by atoms with Gasteiger partial charge in [-0.05, 0) is 11.5 Å². The van der Waals surface area contributed by atoms with Gasteiger partial charge in [0.05, 0.1) is 11.8 Å². The number of hydrogen-bond acceptors (Lipinski definition) is 4. The van der Waals surface area contributed by atoms with E-state index in [0.717, 1.165) is 25.2 Å². The molecular weight excluding hydrogens is 300 g/mol. The van der Waals surface area contributed by atoms with Crippen molar-refractivity contribution < 1.29 is 13.2 Å². The number of nitrogens with one attached hydrogen (secondary N) is 1. The Labute approximate surface area is 131 Å². The highest BCUT2D eigenvalue weighted by molar-refractivity contribution is 7.90. The molecule has 1 aromatic carbocycles.